The van der Waals surface area contributed by atoms with E-state index < -0.39 is 170 Å². The van der Waals surface area contributed by atoms with Gasteiger partial charge in [0.15, 0.2) is 0 Å². The van der Waals surface area contributed by atoms with E-state index in [2.05, 4.69) is 94.9 Å². The van der Waals surface area contributed by atoms with Crippen LogP contribution in [-0.4, -0.2) is 300 Å². The van der Waals surface area contributed by atoms with E-state index >= 15 is 0 Å². The third kappa shape index (κ3) is 33.1. The fourth-order valence-electron chi connectivity index (χ4n) is 13.1. The highest BCUT2D eigenvalue weighted by atomic mass is 32.7. The first kappa shape index (κ1) is 82.1. The van der Waals surface area contributed by atoms with Crippen LogP contribution in [0.3, 0.4) is 0 Å². The predicted octanol–water partition coefficient (Wildman–Crippen LogP) is 15.4. The molecular weight excluding hydrogens is 1680 g/mol. The first-order valence-electron chi connectivity index (χ1n) is 47.3. The quantitative estimate of drug-likeness (QED) is 0.0321. The van der Waals surface area contributed by atoms with Gasteiger partial charge in [0.05, 0.1) is 123 Å². The molecule has 114 heavy (non-hydrogen) atoms. The molecule has 0 aromatic heterocycles. The smallest absolute Gasteiger partial charge is 0.389 e. The van der Waals surface area contributed by atoms with Crippen LogP contribution in [0.25, 0.3) is 9.69 Å². The van der Waals surface area contributed by atoms with Crippen LogP contribution in [0.4, 0.5) is 0 Å². The van der Waals surface area contributed by atoms with E-state index in [1.807, 2.05) is 13.8 Å². The van der Waals surface area contributed by atoms with E-state index in [-0.39, 0.29) is 149 Å². The van der Waals surface area contributed by atoms with Crippen molar-refractivity contribution < 1.29 is 147 Å². The lowest BCUT2D eigenvalue weighted by atomic mass is 10.00. The van der Waals surface area contributed by atoms with Crippen molar-refractivity contribution in [2.75, 3.05) is 134 Å². The van der Waals surface area contributed by atoms with Crippen molar-refractivity contribution in [3.63, 3.8) is 0 Å². The fourth-order valence-corrected chi connectivity index (χ4v) is 34.8. The van der Waals surface area contributed by atoms with Crippen molar-refractivity contribution in [2.24, 2.45) is 11.8 Å². The summed E-state index contributed by atoms with van der Waals surface area (Å²) in [6.45, 7) is 16.9. The van der Waals surface area contributed by atoms with Crippen molar-refractivity contribution in [3.05, 3.63) is 22.8 Å². The van der Waals surface area contributed by atoms with Crippen LogP contribution in [0.1, 0.15) is 190 Å². The molecule has 12 aliphatic rings. The Morgan fingerprint density at radius 1 is 0.421 bits per heavy atom. The zero-order valence-corrected chi connectivity index (χ0v) is 76.6. The van der Waals surface area contributed by atoms with Crippen LogP contribution in [0, 0.1) is 25.0 Å². The number of hydrogen-bond acceptors (Lipinski definition) is 34. The molecule has 4 N–H and O–H groups in total. The number of ether oxygens (including phenoxy) is 8. The van der Waals surface area contributed by atoms with E-state index in [0.717, 1.165) is 45.5 Å². The zero-order valence-electron chi connectivity index (χ0n) is 84.0. The van der Waals surface area contributed by atoms with Gasteiger partial charge in [-0.05, 0) is 179 Å². The van der Waals surface area contributed by atoms with Gasteiger partial charge in [0.1, 0.15) is 13.2 Å². The number of rotatable bonds is 28. The highest BCUT2D eigenvalue weighted by molar-refractivity contribution is 8.56. The number of aliphatic hydroxyl groups is 4. The number of nitrogens with zero attached hydrogens (tertiary/aromatic N) is 4. The average molecular weight is 1850 g/mol. The summed E-state index contributed by atoms with van der Waals surface area (Å²) in [6, 6.07) is 0.564. The molecule has 34 atom stereocenters. The molecule has 0 amide bonds. The van der Waals surface area contributed by atoms with Crippen molar-refractivity contribution in [1.29, 1.82) is 5.72 Å². The topological polar surface area (TPSA) is 349 Å². The lowest BCUT2D eigenvalue weighted by molar-refractivity contribution is 0.0346. The van der Waals surface area contributed by atoms with Crippen LogP contribution in [0.2, 0.25) is 0 Å². The summed E-state index contributed by atoms with van der Waals surface area (Å²) in [6.07, 6.45) is -1.18. The summed E-state index contributed by atoms with van der Waals surface area (Å²) in [7, 11) is 2.14. The van der Waals surface area contributed by atoms with Crippen LogP contribution in [0.15, 0.2) is 0 Å². The molecule has 0 aromatic carbocycles. The largest absolute Gasteiger partial charge is 0.400 e. The predicted molar refractivity (Wildman–Crippen MR) is 449 cm³/mol. The third-order valence-electron chi connectivity index (χ3n) is 18.5. The minimum atomic E-state index is -3.60. The minimum Gasteiger partial charge on any atom is -0.400 e. The molecule has 12 rings (SSSR count). The summed E-state index contributed by atoms with van der Waals surface area (Å²) < 4.78 is 288. The Hall–Kier alpha value is 1.12. The maximum Gasteiger partial charge on any atom is 0.389 e. The van der Waals surface area contributed by atoms with E-state index in [1.165, 1.54) is 28.4 Å². The minimum absolute atomic E-state index is 0.0245. The molecule has 0 aliphatic carbocycles. The molecule has 0 radical (unpaired) electrons. The van der Waals surface area contributed by atoms with Crippen LogP contribution in [0.5, 0.6) is 0 Å². The first-order chi connectivity index (χ1) is 61.6. The molecule has 12 saturated heterocycles. The Kier molecular flexibility index (Phi) is 39.5. The lowest BCUT2D eigenvalue weighted by Crippen LogP contribution is -2.39. The average Bonchev–Trinajstić information content (AvgIpc) is 1.64. The zero-order chi connectivity index (χ0) is 97.0. The van der Waals surface area contributed by atoms with Gasteiger partial charge in [-0.15, -0.1) is 0 Å². The summed E-state index contributed by atoms with van der Waals surface area (Å²) in [5, 5.41) is 13.4. The normalized spacial score (nSPS) is 45.6. The van der Waals surface area contributed by atoms with Gasteiger partial charge < -0.3 is 104 Å². The maximum absolute atomic E-state index is 13.5. The van der Waals surface area contributed by atoms with Gasteiger partial charge in [-0.1, -0.05) is 13.8 Å². The molecule has 32 nitrogen and oxygen atoms in total. The van der Waals surface area contributed by atoms with Crippen molar-refractivity contribution in [2.45, 2.75) is 305 Å². The van der Waals surface area contributed by atoms with Gasteiger partial charge in [-0.3, -0.25) is 18.1 Å². The molecule has 0 spiro atoms. The van der Waals surface area contributed by atoms with Crippen LogP contribution < -0.4 is 0 Å². The SMILES string of the molecule is [2H]C[C@H]1O[C@H]([3H])C[C@@H]1O[P@@]1(=O)OCC[C@H]([C@H]2O[C@H]([3H])C[C@@H]2C)S1.[2H]C[C@H]1O[C@H]([3H])C[C@@H]1O[P@@]1(=O)OCC[C@H]([C@H]2O[C@H]([3H])C[C@@H]2OP(OCC[N+]#[C-])N(C(C)C)C(C)C)S1.[2H]C[C@H]1O[C@H]([3H])C[C@@H]1O[P@]1(=O)OCC[C@H]([C@H]2O[C@H]([3H])C[C@@H]2C)S1.[2H]C[C@H]1O[C@H]([3H])C[C@@H]1O[P@]1(=O)OCC[C@H]([C@H]2O[C@H]([3H])C[C@@H]2OP(OCC[N+]#[C-])N(C(C)C)C(C)C)S1.[3H]OC.[3H]OC.[3H]OC.[3H]OC. The van der Waals surface area contributed by atoms with E-state index in [0.29, 0.717) is 77.4 Å². The Bertz CT molecular complexity index is 3230. The van der Waals surface area contributed by atoms with Crippen LogP contribution in [-0.2, 0) is 110 Å². The van der Waals surface area contributed by atoms with Gasteiger partial charge in [-0.2, -0.15) is 0 Å². The van der Waals surface area contributed by atoms with Crippen LogP contribution >= 0.6 is 89.8 Å². The van der Waals surface area contributed by atoms with Crippen molar-refractivity contribution >= 4 is 89.8 Å². The summed E-state index contributed by atoms with van der Waals surface area (Å²) in [5.74, 6) is 0.491. The summed E-state index contributed by atoms with van der Waals surface area (Å²) in [5.41, 5.74) is 0. The highest BCUT2D eigenvalue weighted by Crippen LogP contribution is 2.71. The Labute approximate surface area is 721 Å². The second kappa shape index (κ2) is 54.9. The van der Waals surface area contributed by atoms with E-state index in [9.17, 15) is 18.3 Å². The summed E-state index contributed by atoms with van der Waals surface area (Å²) in [4.78, 5) is 6.75. The summed E-state index contributed by atoms with van der Waals surface area (Å²) >= 11 is 4.45. The second-order valence-electron chi connectivity index (χ2n) is 28.0. The molecule has 0 bridgehead atoms. The van der Waals surface area contributed by atoms with Gasteiger partial charge in [0, 0.05) is 170 Å². The van der Waals surface area contributed by atoms with E-state index in [4.69, 9.17) is 127 Å². The van der Waals surface area contributed by atoms with Gasteiger partial charge >= 0.3 is 27.2 Å². The second-order valence-corrected chi connectivity index (χ2v) is 47.5. The molecule has 668 valence electrons. The molecule has 0 aromatic rings. The lowest BCUT2D eigenvalue weighted by Gasteiger charge is -2.39. The standard InChI is InChI=1S/2C21H38N2O7P2S.2C13H23O5PS.4CH4O/c2*1-15(2)23(16(3)4)31(27-14-10-22-6)29-19-8-12-26-21(19)20-9-13-28-32(24,33-20)30-18-7-11-25-17(18)5;2*1-9-3-6-16-13(9)12-5-8-17-19(14,20-12)18-11-4-7-15-10(11)2;4*1-2/h2*15-21H,7-14H2,1-5H3;2*9-13H,3-8H2,1-2H3;4*2H,1H3/t17-,18+,19+,20-,21+,31?,32+;17-,18+,19+,20-,21+,31?,32-;9-,10+,11-,12+,13-,19+;9-,10+,11-,12+,13-,19-;;;;/m1100..../s1/i2*5D,11T,12T;2*2D,6T,7T;4*2T/t11-,12-,17-,18+,19+,20-,21+,31?,32+;11-,12-,17-,18+,19+,20-,21+,31?,32-;6-,7-,9+,10-,11+,12-,13+,19-;6-,7-,9+,10-,11+,12-,13+,19+;;;;/m1111..... The maximum atomic E-state index is 13.5. The monoisotopic (exact) mass is 1850 g/mol. The van der Waals surface area contributed by atoms with Crippen molar-refractivity contribution in [3.8, 4) is 0 Å². The molecule has 42 heteroatoms. The molecule has 12 heterocycles. The van der Waals surface area contributed by atoms with E-state index in [1.54, 1.807) is 0 Å². The fraction of sp³-hybridized carbons (Fsp3) is 0.972. The Balaban J connectivity index is 0.000000299. The van der Waals surface area contributed by atoms with Gasteiger partial charge in [-0.25, -0.2) is 40.7 Å². The van der Waals surface area contributed by atoms with Crippen molar-refractivity contribution in [1.82, 2.24) is 9.34 Å². The molecular formula is C72H138N4O28P6S4. The molecule has 2 unspecified atom stereocenters. The molecule has 0 saturated carbocycles. The Morgan fingerprint density at radius 2 is 0.658 bits per heavy atom. The number of aliphatic hydroxyl groups excluding tert-OH is 4. The number of hydrogen-bond donors (Lipinski definition) is 4. The van der Waals surface area contributed by atoms with Gasteiger partial charge in [0.2, 0.25) is 18.8 Å². The van der Waals surface area contributed by atoms with Gasteiger partial charge in [0.25, 0.3) is 17.1 Å². The highest BCUT2D eigenvalue weighted by Gasteiger charge is 2.52. The third-order valence-corrected chi connectivity index (χ3v) is 39.7. The molecule has 12 fully saturated rings. The Morgan fingerprint density at radius 3 is 0.895 bits per heavy atom. The molecule has 12 aliphatic heterocycles. The first-order valence-corrected chi connectivity index (χ1v) is 52.6.